The number of aliphatic carboxylic acids is 1. The molecule has 9 heteroatoms. The Labute approximate surface area is 246 Å². The predicted octanol–water partition coefficient (Wildman–Crippen LogP) is 6.63. The molecule has 3 heterocycles. The summed E-state index contributed by atoms with van der Waals surface area (Å²) in [6.45, 7) is 7.16. The Morgan fingerprint density at radius 2 is 1.61 bits per heavy atom. The molecule has 2 N–H and O–H groups in total. The molecule has 1 saturated heterocycles. The third kappa shape index (κ3) is 5.35. The molecule has 4 unspecified atom stereocenters. The third-order valence-corrected chi connectivity index (χ3v) is 9.63. The van der Waals surface area contributed by atoms with E-state index in [1.165, 1.54) is 34.5 Å². The Morgan fingerprint density at radius 1 is 0.927 bits per heavy atom. The topological polar surface area (TPSA) is 104 Å². The first-order valence-electron chi connectivity index (χ1n) is 13.2. The van der Waals surface area contributed by atoms with Gasteiger partial charge in [0, 0.05) is 44.3 Å². The van der Waals surface area contributed by atoms with Crippen molar-refractivity contribution in [2.45, 2.75) is 45.7 Å². The summed E-state index contributed by atoms with van der Waals surface area (Å²) in [6, 6.07) is 17.2. The Kier molecular flexibility index (Phi) is 7.93. The summed E-state index contributed by atoms with van der Waals surface area (Å²) < 4.78 is 0. The Bertz CT molecular complexity index is 1620. The Morgan fingerprint density at radius 3 is 2.15 bits per heavy atom. The number of amides is 2. The molecule has 1 aliphatic heterocycles. The van der Waals surface area contributed by atoms with Crippen molar-refractivity contribution < 1.29 is 24.3 Å². The van der Waals surface area contributed by atoms with Gasteiger partial charge in [0.25, 0.3) is 5.91 Å². The minimum absolute atomic E-state index is 0.185. The largest absolute Gasteiger partial charge is 0.480 e. The number of benzene rings is 2. The molecule has 2 aromatic heterocycles. The van der Waals surface area contributed by atoms with Crippen LogP contribution < -0.4 is 5.32 Å². The van der Waals surface area contributed by atoms with E-state index in [9.17, 15) is 24.3 Å². The van der Waals surface area contributed by atoms with Crippen LogP contribution in [0.5, 0.6) is 0 Å². The number of thiophene rings is 2. The fourth-order valence-electron chi connectivity index (χ4n) is 5.89. The van der Waals surface area contributed by atoms with Crippen LogP contribution in [0, 0.1) is 26.7 Å². The molecule has 210 valence electrons. The zero-order chi connectivity index (χ0) is 29.4. The highest BCUT2D eigenvalue weighted by Crippen LogP contribution is 2.53. The maximum atomic E-state index is 14.6. The fourth-order valence-corrected chi connectivity index (χ4v) is 7.89. The Hall–Kier alpha value is -4.08. The number of carbonyl (C=O) groups excluding carboxylic acids is 3. The molecule has 1 fully saturated rings. The first kappa shape index (κ1) is 28.4. The number of likely N-dealkylation sites (tertiary alicyclic amines) is 1. The molecule has 1 aliphatic rings. The van der Waals surface area contributed by atoms with Crippen molar-refractivity contribution in [1.29, 1.82) is 0 Å². The molecule has 0 aliphatic carbocycles. The minimum Gasteiger partial charge on any atom is -0.480 e. The standard InChI is InChI=1S/C32H30N2O5S2/c1-17-14-15-40-30(17)27-26(29(36)24-16-18(2)41-19(24)3)25(21-10-12-23(13-11-21)33-20(4)35)28(32(38)39)34(27)31(37)22-8-6-5-7-9-22/h5-16,25-28H,1-4H3,(H,33,35)(H,38,39). The van der Waals surface area contributed by atoms with Gasteiger partial charge in [0.2, 0.25) is 5.91 Å². The second kappa shape index (κ2) is 11.4. The van der Waals surface area contributed by atoms with Crippen molar-refractivity contribution in [3.05, 3.63) is 109 Å². The number of hydrogen-bond donors (Lipinski definition) is 2. The van der Waals surface area contributed by atoms with E-state index in [4.69, 9.17) is 0 Å². The number of hydrogen-bond acceptors (Lipinski definition) is 6. The van der Waals surface area contributed by atoms with Crippen LogP contribution in [0.2, 0.25) is 0 Å². The number of rotatable bonds is 7. The molecular weight excluding hydrogens is 556 g/mol. The van der Waals surface area contributed by atoms with Crippen molar-refractivity contribution in [3.63, 3.8) is 0 Å². The molecule has 41 heavy (non-hydrogen) atoms. The summed E-state index contributed by atoms with van der Waals surface area (Å²) in [5, 5.41) is 15.4. The van der Waals surface area contributed by atoms with Crippen LogP contribution in [0.15, 0.2) is 72.1 Å². The SMILES string of the molecule is CC(=O)Nc1ccc(C2C(C(=O)c3cc(C)sc3C)C(c3sccc3C)N(C(=O)c3ccccc3)C2C(=O)O)cc1. The fraction of sp³-hybridized carbons (Fsp3) is 0.250. The number of carboxylic acid groups (broad SMARTS) is 1. The van der Waals surface area contributed by atoms with E-state index in [1.54, 1.807) is 54.6 Å². The van der Waals surface area contributed by atoms with Crippen LogP contribution >= 0.6 is 22.7 Å². The predicted molar refractivity (Wildman–Crippen MR) is 161 cm³/mol. The average Bonchev–Trinajstić information content (AvgIpc) is 3.62. The smallest absolute Gasteiger partial charge is 0.327 e. The number of ketones is 1. The van der Waals surface area contributed by atoms with Gasteiger partial charge in [0.1, 0.15) is 6.04 Å². The normalized spacial score (nSPS) is 20.1. The highest BCUT2D eigenvalue weighted by molar-refractivity contribution is 7.12. The van der Waals surface area contributed by atoms with Crippen LogP contribution in [-0.4, -0.2) is 39.6 Å². The highest BCUT2D eigenvalue weighted by Gasteiger charge is 2.58. The average molecular weight is 587 g/mol. The molecule has 7 nitrogen and oxygen atoms in total. The van der Waals surface area contributed by atoms with Crippen LogP contribution in [0.25, 0.3) is 0 Å². The molecule has 5 rings (SSSR count). The minimum atomic E-state index is -1.31. The van der Waals surface area contributed by atoms with Crippen molar-refractivity contribution >= 4 is 51.9 Å². The molecule has 0 radical (unpaired) electrons. The molecular formula is C32H30N2O5S2. The van der Waals surface area contributed by atoms with Gasteiger partial charge in [-0.2, -0.15) is 0 Å². The summed E-state index contributed by atoms with van der Waals surface area (Å²) in [5.41, 5.74) is 2.97. The van der Waals surface area contributed by atoms with E-state index in [1.807, 2.05) is 38.3 Å². The lowest BCUT2D eigenvalue weighted by atomic mass is 9.77. The highest BCUT2D eigenvalue weighted by atomic mass is 32.1. The van der Waals surface area contributed by atoms with Gasteiger partial charge < -0.3 is 15.3 Å². The number of carbonyl (C=O) groups is 4. The van der Waals surface area contributed by atoms with Crippen molar-refractivity contribution in [2.75, 3.05) is 5.32 Å². The van der Waals surface area contributed by atoms with E-state index in [-0.39, 0.29) is 11.7 Å². The van der Waals surface area contributed by atoms with E-state index in [0.717, 1.165) is 20.2 Å². The molecule has 0 saturated carbocycles. The number of aryl methyl sites for hydroxylation is 3. The van der Waals surface area contributed by atoms with Crippen molar-refractivity contribution in [3.8, 4) is 0 Å². The van der Waals surface area contributed by atoms with Crippen LogP contribution in [0.4, 0.5) is 5.69 Å². The van der Waals surface area contributed by atoms with Crippen LogP contribution in [0.3, 0.4) is 0 Å². The maximum Gasteiger partial charge on any atom is 0.327 e. The molecule has 4 aromatic rings. The third-order valence-electron chi connectivity index (χ3n) is 7.57. The number of carboxylic acids is 1. The number of Topliss-reactive ketones (excluding diaryl/α,β-unsaturated/α-hetero) is 1. The summed E-state index contributed by atoms with van der Waals surface area (Å²) in [7, 11) is 0. The monoisotopic (exact) mass is 586 g/mol. The van der Waals surface area contributed by atoms with Gasteiger partial charge in [-0.15, -0.1) is 22.7 Å². The van der Waals surface area contributed by atoms with E-state index >= 15 is 0 Å². The zero-order valence-electron chi connectivity index (χ0n) is 23.1. The van der Waals surface area contributed by atoms with Crippen LogP contribution in [0.1, 0.15) is 65.4 Å². The summed E-state index contributed by atoms with van der Waals surface area (Å²) in [6.07, 6.45) is 0. The van der Waals surface area contributed by atoms with Gasteiger partial charge in [-0.1, -0.05) is 30.3 Å². The summed E-state index contributed by atoms with van der Waals surface area (Å²) in [4.78, 5) is 57.6. The Balaban J connectivity index is 1.76. The lowest BCUT2D eigenvalue weighted by Gasteiger charge is -2.30. The van der Waals surface area contributed by atoms with Gasteiger partial charge in [-0.3, -0.25) is 14.4 Å². The molecule has 4 atom stereocenters. The van der Waals surface area contributed by atoms with Gasteiger partial charge in [-0.05, 0) is 73.7 Å². The van der Waals surface area contributed by atoms with Crippen molar-refractivity contribution in [2.24, 2.45) is 5.92 Å². The summed E-state index contributed by atoms with van der Waals surface area (Å²) >= 11 is 2.94. The first-order valence-corrected chi connectivity index (χ1v) is 14.9. The molecule has 2 aromatic carbocycles. The van der Waals surface area contributed by atoms with E-state index in [2.05, 4.69) is 5.32 Å². The first-order chi connectivity index (χ1) is 19.6. The number of nitrogens with zero attached hydrogens (tertiary/aromatic N) is 1. The van der Waals surface area contributed by atoms with E-state index in [0.29, 0.717) is 22.4 Å². The second-order valence-corrected chi connectivity index (χ2v) is 12.7. The van der Waals surface area contributed by atoms with Crippen molar-refractivity contribution in [1.82, 2.24) is 4.90 Å². The van der Waals surface area contributed by atoms with E-state index < -0.39 is 35.8 Å². The lowest BCUT2D eigenvalue weighted by molar-refractivity contribution is -0.142. The molecule has 0 spiro atoms. The number of anilines is 1. The van der Waals surface area contributed by atoms with Gasteiger partial charge in [0.15, 0.2) is 5.78 Å². The quantitative estimate of drug-likeness (QED) is 0.237. The van der Waals surface area contributed by atoms with Gasteiger partial charge in [-0.25, -0.2) is 4.79 Å². The van der Waals surface area contributed by atoms with Gasteiger partial charge in [0.05, 0.1) is 12.0 Å². The second-order valence-electron chi connectivity index (χ2n) is 10.3. The van der Waals surface area contributed by atoms with Gasteiger partial charge >= 0.3 is 5.97 Å². The molecule has 0 bridgehead atoms. The molecule has 2 amide bonds. The van der Waals surface area contributed by atoms with Crippen LogP contribution in [-0.2, 0) is 9.59 Å². The maximum absolute atomic E-state index is 14.6. The number of nitrogens with one attached hydrogen (secondary N) is 1. The lowest BCUT2D eigenvalue weighted by Crippen LogP contribution is -2.43. The zero-order valence-corrected chi connectivity index (χ0v) is 24.7. The summed E-state index contributed by atoms with van der Waals surface area (Å²) in [5.74, 6) is -3.74.